The normalized spacial score (nSPS) is 19.6. The summed E-state index contributed by atoms with van der Waals surface area (Å²) in [6.07, 6.45) is 2.43. The number of Topliss-reactive ketones (excluding diaryl/α,β-unsaturated/α-hetero) is 1. The van der Waals surface area contributed by atoms with Gasteiger partial charge in [-0.15, -0.1) is 0 Å². The van der Waals surface area contributed by atoms with Crippen molar-refractivity contribution in [1.29, 1.82) is 0 Å². The summed E-state index contributed by atoms with van der Waals surface area (Å²) in [5.41, 5.74) is 2.49. The maximum absolute atomic E-state index is 13.5. The minimum absolute atomic E-state index is 0.169. The Morgan fingerprint density at radius 2 is 1.97 bits per heavy atom. The van der Waals surface area contributed by atoms with Crippen molar-refractivity contribution in [3.63, 3.8) is 0 Å². The van der Waals surface area contributed by atoms with Gasteiger partial charge in [-0.3, -0.25) is 9.59 Å². The Kier molecular flexibility index (Phi) is 4.79. The minimum atomic E-state index is -1.63. The van der Waals surface area contributed by atoms with Gasteiger partial charge in [0.25, 0.3) is 5.56 Å². The lowest BCUT2D eigenvalue weighted by atomic mass is 9.77. The molecule has 0 fully saturated rings. The van der Waals surface area contributed by atoms with Gasteiger partial charge in [-0.05, 0) is 45.7 Å². The van der Waals surface area contributed by atoms with Gasteiger partial charge >= 0.3 is 0 Å². The Hall–Kier alpha value is -3.32. The molecule has 0 bridgehead atoms. The second-order valence-corrected chi connectivity index (χ2v) is 9.76. The van der Waals surface area contributed by atoms with E-state index in [-0.39, 0.29) is 24.2 Å². The van der Waals surface area contributed by atoms with Gasteiger partial charge < -0.3 is 14.5 Å². The van der Waals surface area contributed by atoms with Gasteiger partial charge in [0, 0.05) is 34.1 Å². The summed E-state index contributed by atoms with van der Waals surface area (Å²) >= 11 is 0. The molecular formula is C26H27N3O4. The lowest BCUT2D eigenvalue weighted by Crippen LogP contribution is -2.43. The van der Waals surface area contributed by atoms with Crippen LogP contribution >= 0.6 is 0 Å². The molecular weight excluding hydrogens is 418 g/mol. The van der Waals surface area contributed by atoms with Crippen LogP contribution in [0.5, 0.6) is 0 Å². The van der Waals surface area contributed by atoms with Crippen molar-refractivity contribution in [2.24, 2.45) is 5.16 Å². The van der Waals surface area contributed by atoms with Crippen LogP contribution in [0.4, 0.5) is 0 Å². The van der Waals surface area contributed by atoms with E-state index in [0.717, 1.165) is 22.0 Å². The van der Waals surface area contributed by atoms with Crippen molar-refractivity contribution in [2.75, 3.05) is 0 Å². The lowest BCUT2D eigenvalue weighted by Gasteiger charge is -2.32. The van der Waals surface area contributed by atoms with E-state index in [4.69, 9.17) is 9.82 Å². The molecule has 1 aliphatic carbocycles. The number of oxime groups is 1. The van der Waals surface area contributed by atoms with Crippen molar-refractivity contribution in [2.45, 2.75) is 64.7 Å². The van der Waals surface area contributed by atoms with Gasteiger partial charge in [-0.1, -0.05) is 30.3 Å². The molecule has 0 spiro atoms. The second kappa shape index (κ2) is 7.35. The maximum Gasteiger partial charge on any atom is 0.254 e. The predicted molar refractivity (Wildman–Crippen MR) is 126 cm³/mol. The zero-order chi connectivity index (χ0) is 23.5. The van der Waals surface area contributed by atoms with Crippen LogP contribution in [0.3, 0.4) is 0 Å². The smallest absolute Gasteiger partial charge is 0.254 e. The number of aromatic nitrogens is 2. The summed E-state index contributed by atoms with van der Waals surface area (Å²) < 4.78 is 1.70. The summed E-state index contributed by atoms with van der Waals surface area (Å²) in [4.78, 5) is 36.5. The fourth-order valence-corrected chi connectivity index (χ4v) is 4.83. The van der Waals surface area contributed by atoms with Crippen molar-refractivity contribution in [1.82, 2.24) is 9.55 Å². The van der Waals surface area contributed by atoms with Crippen molar-refractivity contribution >= 4 is 22.9 Å². The third-order valence-corrected chi connectivity index (χ3v) is 6.53. The number of carbonyl (C=O) groups is 1. The first-order chi connectivity index (χ1) is 15.6. The topological polar surface area (TPSA) is 93.8 Å². The average molecular weight is 446 g/mol. The summed E-state index contributed by atoms with van der Waals surface area (Å²) in [7, 11) is 0. The molecule has 3 heterocycles. The minimum Gasteiger partial charge on any atom is -0.390 e. The van der Waals surface area contributed by atoms with Gasteiger partial charge in [-0.2, -0.15) is 0 Å². The summed E-state index contributed by atoms with van der Waals surface area (Å²) in [6, 6.07) is 9.54. The first kappa shape index (κ1) is 21.5. The van der Waals surface area contributed by atoms with E-state index in [1.165, 1.54) is 0 Å². The standard InChI is InChI=1S/C26H27N3O4/c1-5-26(32)19-12-21-23-18(14-29(21)24(31)16(19)10-11-22(26)30)17(13-27-33-25(2,3)4)15-8-6-7-9-20(15)28-23/h6-9,12-13,32H,5,10-11,14H2,1-4H3/b27-13+/t26-/m0/s1. The fraction of sp³-hybridized carbons (Fsp3) is 0.385. The van der Waals surface area contributed by atoms with Crippen LogP contribution in [0.1, 0.15) is 62.8 Å². The first-order valence-corrected chi connectivity index (χ1v) is 11.3. The Morgan fingerprint density at radius 3 is 2.70 bits per heavy atom. The SMILES string of the molecule is CC[C@@]1(O)C(=O)CCc2c1cc1n(c2=O)Cc2c-1nc1ccccc1c2/C=N/OC(C)(C)C. The number of hydrogen-bond acceptors (Lipinski definition) is 6. The number of pyridine rings is 2. The zero-order valence-corrected chi connectivity index (χ0v) is 19.3. The van der Waals surface area contributed by atoms with E-state index in [0.29, 0.717) is 35.5 Å². The van der Waals surface area contributed by atoms with Gasteiger partial charge in [0.15, 0.2) is 5.78 Å². The van der Waals surface area contributed by atoms with Crippen LogP contribution in [0.15, 0.2) is 40.3 Å². The average Bonchev–Trinajstić information content (AvgIpc) is 3.14. The van der Waals surface area contributed by atoms with Crippen LogP contribution in [0.2, 0.25) is 0 Å². The molecule has 1 atom stereocenters. The van der Waals surface area contributed by atoms with Crippen LogP contribution in [-0.4, -0.2) is 32.3 Å². The number of rotatable bonds is 3. The van der Waals surface area contributed by atoms with Gasteiger partial charge in [0.1, 0.15) is 11.2 Å². The van der Waals surface area contributed by atoms with Crippen molar-refractivity contribution in [3.05, 3.63) is 62.9 Å². The van der Waals surface area contributed by atoms with Crippen LogP contribution in [0.25, 0.3) is 22.3 Å². The number of fused-ring (bicyclic) bond motifs is 5. The highest BCUT2D eigenvalue weighted by molar-refractivity contribution is 6.02. The third kappa shape index (κ3) is 3.30. The Morgan fingerprint density at radius 1 is 1.21 bits per heavy atom. The van der Waals surface area contributed by atoms with Gasteiger partial charge in [-0.25, -0.2) is 4.98 Å². The van der Waals surface area contributed by atoms with E-state index < -0.39 is 11.2 Å². The zero-order valence-electron chi connectivity index (χ0n) is 19.3. The summed E-state index contributed by atoms with van der Waals surface area (Å²) in [5, 5.41) is 16.3. The molecule has 1 aliphatic heterocycles. The molecule has 33 heavy (non-hydrogen) atoms. The second-order valence-electron chi connectivity index (χ2n) is 9.76. The highest BCUT2D eigenvalue weighted by Crippen LogP contribution is 2.40. The number of hydrogen-bond donors (Lipinski definition) is 1. The highest BCUT2D eigenvalue weighted by atomic mass is 16.6. The van der Waals surface area contributed by atoms with Crippen LogP contribution < -0.4 is 5.56 Å². The van der Waals surface area contributed by atoms with E-state index in [1.807, 2.05) is 45.0 Å². The quantitative estimate of drug-likeness (QED) is 0.383. The molecule has 2 aromatic heterocycles. The Balaban J connectivity index is 1.75. The summed E-state index contributed by atoms with van der Waals surface area (Å²) in [5.74, 6) is -0.237. The highest BCUT2D eigenvalue weighted by Gasteiger charge is 2.43. The first-order valence-electron chi connectivity index (χ1n) is 11.3. The monoisotopic (exact) mass is 445 g/mol. The summed E-state index contributed by atoms with van der Waals surface area (Å²) in [6.45, 7) is 7.89. The van der Waals surface area contributed by atoms with E-state index in [2.05, 4.69) is 5.16 Å². The van der Waals surface area contributed by atoms with E-state index in [1.54, 1.807) is 23.8 Å². The molecule has 0 saturated heterocycles. The predicted octanol–water partition coefficient (Wildman–Crippen LogP) is 3.69. The molecule has 7 nitrogen and oxygen atoms in total. The molecule has 1 N–H and O–H groups in total. The number of carbonyl (C=O) groups excluding carboxylic acids is 1. The Bertz CT molecular complexity index is 1400. The maximum atomic E-state index is 13.5. The molecule has 0 unspecified atom stereocenters. The molecule has 0 amide bonds. The fourth-order valence-electron chi connectivity index (χ4n) is 4.83. The number of para-hydroxylation sites is 1. The number of benzene rings is 1. The number of aliphatic hydroxyl groups is 1. The number of nitrogens with zero attached hydrogens (tertiary/aromatic N) is 3. The molecule has 1 aromatic carbocycles. The van der Waals surface area contributed by atoms with Crippen molar-refractivity contribution in [3.8, 4) is 11.4 Å². The number of ketones is 1. The molecule has 2 aliphatic rings. The van der Waals surface area contributed by atoms with Crippen molar-refractivity contribution < 1.29 is 14.7 Å². The molecule has 3 aromatic rings. The van der Waals surface area contributed by atoms with Gasteiger partial charge in [0.05, 0.1) is 29.7 Å². The third-order valence-electron chi connectivity index (χ3n) is 6.53. The largest absolute Gasteiger partial charge is 0.390 e. The molecule has 170 valence electrons. The molecule has 0 radical (unpaired) electrons. The van der Waals surface area contributed by atoms with Crippen LogP contribution in [0, 0.1) is 0 Å². The van der Waals surface area contributed by atoms with E-state index >= 15 is 0 Å². The van der Waals surface area contributed by atoms with Gasteiger partial charge in [0.2, 0.25) is 0 Å². The molecule has 7 heteroatoms. The lowest BCUT2D eigenvalue weighted by molar-refractivity contribution is -0.140. The van der Waals surface area contributed by atoms with Crippen LogP contribution in [-0.2, 0) is 28.2 Å². The molecule has 5 rings (SSSR count). The van der Waals surface area contributed by atoms with E-state index in [9.17, 15) is 14.7 Å². The Labute approximate surface area is 191 Å². The molecule has 0 saturated carbocycles.